The van der Waals surface area contributed by atoms with Gasteiger partial charge in [0.05, 0.1) is 24.9 Å². The van der Waals surface area contributed by atoms with Crippen molar-refractivity contribution in [3.8, 4) is 11.8 Å². The summed E-state index contributed by atoms with van der Waals surface area (Å²) in [6.45, 7) is 0.209. The normalized spacial score (nSPS) is 9.26. The van der Waals surface area contributed by atoms with Gasteiger partial charge in [0.1, 0.15) is 0 Å². The number of ether oxygens (including phenoxy) is 1. The molecule has 0 aliphatic heterocycles. The van der Waals surface area contributed by atoms with Crippen molar-refractivity contribution in [3.05, 3.63) is 65.7 Å². The summed E-state index contributed by atoms with van der Waals surface area (Å²) in [6.07, 6.45) is -0.630. The zero-order valence-corrected chi connectivity index (χ0v) is 12.6. The molecule has 2 aromatic rings. The molecule has 0 aliphatic carbocycles. The predicted molar refractivity (Wildman–Crippen MR) is 88.1 cm³/mol. The number of carbonyl (C=O) groups is 2. The van der Waals surface area contributed by atoms with E-state index in [4.69, 9.17) is 0 Å². The molecular formula is C18H16N2O3. The van der Waals surface area contributed by atoms with Gasteiger partial charge >= 0.3 is 6.09 Å². The van der Waals surface area contributed by atoms with Crippen LogP contribution in [0.25, 0.3) is 0 Å². The van der Waals surface area contributed by atoms with Gasteiger partial charge in [0.25, 0.3) is 5.91 Å². The lowest BCUT2D eigenvalue weighted by atomic mass is 10.1. The van der Waals surface area contributed by atoms with Gasteiger partial charge in [-0.3, -0.25) is 10.1 Å². The summed E-state index contributed by atoms with van der Waals surface area (Å²) in [5.74, 6) is 5.51. The number of methoxy groups -OCH3 is 1. The second kappa shape index (κ2) is 8.25. The van der Waals surface area contributed by atoms with Gasteiger partial charge in [0.2, 0.25) is 0 Å². The predicted octanol–water partition coefficient (Wildman–Crippen LogP) is 2.65. The van der Waals surface area contributed by atoms with E-state index in [1.807, 2.05) is 30.3 Å². The summed E-state index contributed by atoms with van der Waals surface area (Å²) in [5.41, 5.74) is 1.61. The van der Waals surface area contributed by atoms with Crippen LogP contribution in [0.15, 0.2) is 54.6 Å². The van der Waals surface area contributed by atoms with Crippen molar-refractivity contribution in [1.82, 2.24) is 5.32 Å². The van der Waals surface area contributed by atoms with Crippen molar-refractivity contribution >= 4 is 17.7 Å². The Kier molecular flexibility index (Phi) is 5.78. The van der Waals surface area contributed by atoms with Crippen molar-refractivity contribution in [3.63, 3.8) is 0 Å². The second-order valence-electron chi connectivity index (χ2n) is 4.51. The summed E-state index contributed by atoms with van der Waals surface area (Å²) in [6, 6.07) is 16.2. The van der Waals surface area contributed by atoms with Gasteiger partial charge in [0, 0.05) is 5.56 Å². The summed E-state index contributed by atoms with van der Waals surface area (Å²) in [7, 11) is 1.26. The highest BCUT2D eigenvalue weighted by Crippen LogP contribution is 2.14. The number of hydrogen-bond acceptors (Lipinski definition) is 3. The molecule has 0 spiro atoms. The maximum absolute atomic E-state index is 12.2. The molecule has 0 heterocycles. The van der Waals surface area contributed by atoms with Gasteiger partial charge in [-0.05, 0) is 24.3 Å². The van der Waals surface area contributed by atoms with Gasteiger partial charge in [0.15, 0.2) is 0 Å². The maximum Gasteiger partial charge on any atom is 0.411 e. The fourth-order valence-electron chi connectivity index (χ4n) is 1.84. The molecule has 2 aromatic carbocycles. The maximum atomic E-state index is 12.2. The average molecular weight is 308 g/mol. The quantitative estimate of drug-likeness (QED) is 0.857. The molecule has 116 valence electrons. The molecule has 0 bridgehead atoms. The fraction of sp³-hybridized carbons (Fsp3) is 0.111. The van der Waals surface area contributed by atoms with Crippen LogP contribution in [0.3, 0.4) is 0 Å². The van der Waals surface area contributed by atoms with E-state index in [1.165, 1.54) is 7.11 Å². The molecule has 0 saturated heterocycles. The number of amides is 2. The standard InChI is InChI=1S/C18H16N2O3/c1-23-18(22)20-16-12-6-5-11-15(16)17(21)19-13-7-10-14-8-3-2-4-9-14/h2-6,8-9,11-12H,13H2,1H3,(H,19,21)(H,20,22). The summed E-state index contributed by atoms with van der Waals surface area (Å²) in [4.78, 5) is 23.5. The van der Waals surface area contributed by atoms with Crippen LogP contribution in [0, 0.1) is 11.8 Å². The molecule has 0 aromatic heterocycles. The molecule has 2 amide bonds. The minimum absolute atomic E-state index is 0.209. The molecule has 0 fully saturated rings. The highest BCUT2D eigenvalue weighted by molar-refractivity contribution is 6.02. The lowest BCUT2D eigenvalue weighted by molar-refractivity contribution is 0.0959. The van der Waals surface area contributed by atoms with Crippen molar-refractivity contribution in [1.29, 1.82) is 0 Å². The Morgan fingerprint density at radius 2 is 1.74 bits per heavy atom. The number of carbonyl (C=O) groups excluding carboxylic acids is 2. The number of anilines is 1. The first-order valence-corrected chi connectivity index (χ1v) is 6.97. The first kappa shape index (κ1) is 16.1. The van der Waals surface area contributed by atoms with Gasteiger partial charge in [-0.25, -0.2) is 4.79 Å². The van der Waals surface area contributed by atoms with E-state index in [1.54, 1.807) is 24.3 Å². The van der Waals surface area contributed by atoms with E-state index in [-0.39, 0.29) is 12.5 Å². The van der Waals surface area contributed by atoms with Crippen molar-refractivity contribution in [2.75, 3.05) is 19.0 Å². The van der Waals surface area contributed by atoms with E-state index >= 15 is 0 Å². The molecule has 5 nitrogen and oxygen atoms in total. The minimum atomic E-state index is -0.630. The van der Waals surface area contributed by atoms with Gasteiger partial charge in [-0.1, -0.05) is 42.2 Å². The van der Waals surface area contributed by atoms with Gasteiger partial charge < -0.3 is 10.1 Å². The Hall–Kier alpha value is -3.26. The molecular weight excluding hydrogens is 292 g/mol. The molecule has 2 rings (SSSR count). The topological polar surface area (TPSA) is 67.4 Å². The van der Waals surface area contributed by atoms with E-state index in [2.05, 4.69) is 27.2 Å². The zero-order valence-electron chi connectivity index (χ0n) is 12.6. The van der Waals surface area contributed by atoms with E-state index in [0.29, 0.717) is 11.3 Å². The molecule has 0 atom stereocenters. The largest absolute Gasteiger partial charge is 0.453 e. The van der Waals surface area contributed by atoms with Crippen molar-refractivity contribution < 1.29 is 14.3 Å². The van der Waals surface area contributed by atoms with E-state index < -0.39 is 6.09 Å². The van der Waals surface area contributed by atoms with Crippen LogP contribution in [0.5, 0.6) is 0 Å². The molecule has 0 unspecified atom stereocenters. The molecule has 0 saturated carbocycles. The third-order valence-corrected chi connectivity index (χ3v) is 2.94. The average Bonchev–Trinajstić information content (AvgIpc) is 2.59. The van der Waals surface area contributed by atoms with Crippen LogP contribution < -0.4 is 10.6 Å². The van der Waals surface area contributed by atoms with Crippen molar-refractivity contribution in [2.24, 2.45) is 0 Å². The Morgan fingerprint density at radius 3 is 2.48 bits per heavy atom. The third-order valence-electron chi connectivity index (χ3n) is 2.94. The fourth-order valence-corrected chi connectivity index (χ4v) is 1.84. The first-order valence-electron chi connectivity index (χ1n) is 6.97. The minimum Gasteiger partial charge on any atom is -0.453 e. The summed E-state index contributed by atoms with van der Waals surface area (Å²) in [5, 5.41) is 5.20. The Morgan fingerprint density at radius 1 is 1.04 bits per heavy atom. The Labute approximate surface area is 134 Å². The number of para-hydroxylation sites is 1. The number of benzene rings is 2. The highest BCUT2D eigenvalue weighted by atomic mass is 16.5. The van der Waals surface area contributed by atoms with Crippen LogP contribution in [0.1, 0.15) is 15.9 Å². The summed E-state index contributed by atoms with van der Waals surface area (Å²) < 4.78 is 4.53. The smallest absolute Gasteiger partial charge is 0.411 e. The highest BCUT2D eigenvalue weighted by Gasteiger charge is 2.12. The monoisotopic (exact) mass is 308 g/mol. The third kappa shape index (κ3) is 4.90. The molecule has 5 heteroatoms. The molecule has 0 radical (unpaired) electrons. The molecule has 2 N–H and O–H groups in total. The van der Waals surface area contributed by atoms with Gasteiger partial charge in [-0.15, -0.1) is 0 Å². The number of rotatable bonds is 3. The van der Waals surface area contributed by atoms with Crippen LogP contribution >= 0.6 is 0 Å². The Bertz CT molecular complexity index is 746. The molecule has 23 heavy (non-hydrogen) atoms. The van der Waals surface area contributed by atoms with Gasteiger partial charge in [-0.2, -0.15) is 0 Å². The van der Waals surface area contributed by atoms with Crippen LogP contribution in [0.2, 0.25) is 0 Å². The SMILES string of the molecule is COC(=O)Nc1ccccc1C(=O)NCC#Cc1ccccc1. The molecule has 0 aliphatic rings. The van der Waals surface area contributed by atoms with Crippen LogP contribution in [0.4, 0.5) is 10.5 Å². The lowest BCUT2D eigenvalue weighted by Gasteiger charge is -2.09. The number of nitrogens with one attached hydrogen (secondary N) is 2. The van der Waals surface area contributed by atoms with E-state index in [0.717, 1.165) is 5.56 Å². The second-order valence-corrected chi connectivity index (χ2v) is 4.51. The van der Waals surface area contributed by atoms with Crippen LogP contribution in [-0.2, 0) is 4.74 Å². The summed E-state index contributed by atoms with van der Waals surface area (Å²) >= 11 is 0. The van der Waals surface area contributed by atoms with E-state index in [9.17, 15) is 9.59 Å². The van der Waals surface area contributed by atoms with Crippen LogP contribution in [-0.4, -0.2) is 25.7 Å². The van der Waals surface area contributed by atoms with Crippen molar-refractivity contribution in [2.45, 2.75) is 0 Å². The zero-order chi connectivity index (χ0) is 16.5. The number of hydrogen-bond donors (Lipinski definition) is 2. The first-order chi connectivity index (χ1) is 11.2. The Balaban J connectivity index is 1.99. The lowest BCUT2D eigenvalue weighted by Crippen LogP contribution is -2.25.